The fraction of sp³-hybridized carbons (Fsp3) is 0.207. The van der Waals surface area contributed by atoms with Crippen molar-refractivity contribution in [1.82, 2.24) is 14.9 Å². The lowest BCUT2D eigenvalue weighted by Gasteiger charge is -2.14. The Balaban J connectivity index is 1.53. The van der Waals surface area contributed by atoms with Crippen LogP contribution in [0.15, 0.2) is 82.7 Å². The zero-order chi connectivity index (χ0) is 27.1. The van der Waals surface area contributed by atoms with E-state index in [1.165, 1.54) is 18.7 Å². The summed E-state index contributed by atoms with van der Waals surface area (Å²) in [5.41, 5.74) is 2.87. The monoisotopic (exact) mass is 528 g/mol. The highest BCUT2D eigenvalue weighted by Gasteiger charge is 2.15. The molecule has 0 bridgehead atoms. The molecule has 0 saturated heterocycles. The third-order valence-electron chi connectivity index (χ3n) is 5.83. The number of ketones is 1. The van der Waals surface area contributed by atoms with Crippen molar-refractivity contribution in [2.45, 2.75) is 32.0 Å². The van der Waals surface area contributed by atoms with Crippen molar-refractivity contribution in [3.8, 4) is 0 Å². The molecule has 3 aromatic carbocycles. The smallest absolute Gasteiger partial charge is 0.262 e. The van der Waals surface area contributed by atoms with Gasteiger partial charge in [-0.3, -0.25) is 23.7 Å². The number of aromatic nitrogens is 2. The Morgan fingerprint density at radius 2 is 1.61 bits per heavy atom. The van der Waals surface area contributed by atoms with E-state index in [0.29, 0.717) is 39.4 Å². The molecule has 194 valence electrons. The molecule has 0 saturated carbocycles. The molecular formula is C29H28N4O4S. The Hall–Kier alpha value is -4.24. The predicted octanol–water partition coefficient (Wildman–Crippen LogP) is 4.52. The highest BCUT2D eigenvalue weighted by atomic mass is 32.2. The van der Waals surface area contributed by atoms with Gasteiger partial charge in [0.05, 0.1) is 23.2 Å². The number of carbonyl (C=O) groups excluding carboxylic acids is 3. The second-order valence-electron chi connectivity index (χ2n) is 8.73. The van der Waals surface area contributed by atoms with Crippen molar-refractivity contribution >= 4 is 45.9 Å². The summed E-state index contributed by atoms with van der Waals surface area (Å²) in [6.07, 6.45) is 0.853. The Morgan fingerprint density at radius 1 is 0.921 bits per heavy atom. The summed E-state index contributed by atoms with van der Waals surface area (Å²) in [5, 5.41) is 6.56. The highest BCUT2D eigenvalue weighted by Crippen LogP contribution is 2.20. The molecule has 1 aromatic heterocycles. The van der Waals surface area contributed by atoms with Crippen LogP contribution in [0.5, 0.6) is 0 Å². The van der Waals surface area contributed by atoms with E-state index in [9.17, 15) is 19.2 Å². The lowest BCUT2D eigenvalue weighted by Crippen LogP contribution is -2.25. The Kier molecular flexibility index (Phi) is 8.70. The fourth-order valence-corrected chi connectivity index (χ4v) is 4.60. The summed E-state index contributed by atoms with van der Waals surface area (Å²) in [4.78, 5) is 54.4. The summed E-state index contributed by atoms with van der Waals surface area (Å²) in [7, 11) is 0. The van der Waals surface area contributed by atoms with Gasteiger partial charge in [-0.25, -0.2) is 4.98 Å². The van der Waals surface area contributed by atoms with Crippen molar-refractivity contribution < 1.29 is 14.4 Å². The van der Waals surface area contributed by atoms with E-state index in [1.54, 1.807) is 59.2 Å². The Morgan fingerprint density at radius 3 is 2.29 bits per heavy atom. The minimum atomic E-state index is -0.262. The Bertz CT molecular complexity index is 1530. The van der Waals surface area contributed by atoms with E-state index in [2.05, 4.69) is 15.6 Å². The quantitative estimate of drug-likeness (QED) is 0.178. The Labute approximate surface area is 224 Å². The van der Waals surface area contributed by atoms with E-state index < -0.39 is 0 Å². The second kappa shape index (κ2) is 12.3. The molecule has 4 rings (SSSR count). The maximum atomic E-state index is 13.4. The van der Waals surface area contributed by atoms with Gasteiger partial charge >= 0.3 is 0 Å². The predicted molar refractivity (Wildman–Crippen MR) is 150 cm³/mol. The minimum Gasteiger partial charge on any atom is -0.352 e. The topological polar surface area (TPSA) is 110 Å². The van der Waals surface area contributed by atoms with E-state index in [0.717, 1.165) is 12.0 Å². The molecule has 0 spiro atoms. The van der Waals surface area contributed by atoms with Gasteiger partial charge in [0.1, 0.15) is 0 Å². The number of para-hydroxylation sites is 1. The van der Waals surface area contributed by atoms with Crippen molar-refractivity contribution in [1.29, 1.82) is 0 Å². The number of Topliss-reactive ketones (excluding diaryl/α,β-unsaturated/α-hetero) is 1. The molecule has 9 heteroatoms. The van der Waals surface area contributed by atoms with E-state index in [-0.39, 0.29) is 35.5 Å². The van der Waals surface area contributed by atoms with Crippen LogP contribution in [0.2, 0.25) is 0 Å². The van der Waals surface area contributed by atoms with Gasteiger partial charge in [-0.15, -0.1) is 0 Å². The van der Waals surface area contributed by atoms with Gasteiger partial charge < -0.3 is 10.6 Å². The zero-order valence-electron chi connectivity index (χ0n) is 21.2. The summed E-state index contributed by atoms with van der Waals surface area (Å²) in [6.45, 7) is 4.32. The normalized spacial score (nSPS) is 10.8. The molecular weight excluding hydrogens is 500 g/mol. The minimum absolute atomic E-state index is 0.0375. The van der Waals surface area contributed by atoms with Crippen LogP contribution >= 0.6 is 11.8 Å². The number of nitrogens with one attached hydrogen (secondary N) is 2. The van der Waals surface area contributed by atoms with Crippen LogP contribution in [-0.4, -0.2) is 39.4 Å². The summed E-state index contributed by atoms with van der Waals surface area (Å²) < 4.78 is 1.55. The number of amides is 2. The number of rotatable bonds is 10. The lowest BCUT2D eigenvalue weighted by atomic mass is 10.1. The molecule has 8 nitrogen and oxygen atoms in total. The van der Waals surface area contributed by atoms with E-state index in [1.807, 2.05) is 25.1 Å². The van der Waals surface area contributed by atoms with Gasteiger partial charge in [-0.05, 0) is 67.4 Å². The largest absolute Gasteiger partial charge is 0.352 e. The molecule has 0 unspecified atom stereocenters. The van der Waals surface area contributed by atoms with Gasteiger partial charge in [-0.1, -0.05) is 43.0 Å². The molecule has 0 aliphatic carbocycles. The van der Waals surface area contributed by atoms with Gasteiger partial charge in [0.25, 0.3) is 11.5 Å². The SMILES string of the molecule is CCCNC(=O)c1ccc(Cn2c(SCC(=O)Nc3ccc(C(C)=O)cc3)nc3ccccc3c2=O)cc1. The molecule has 1 heterocycles. The molecule has 0 aliphatic rings. The van der Waals surface area contributed by atoms with Crippen LogP contribution < -0.4 is 16.2 Å². The van der Waals surface area contributed by atoms with Crippen LogP contribution in [0.4, 0.5) is 5.69 Å². The third-order valence-corrected chi connectivity index (χ3v) is 6.80. The highest BCUT2D eigenvalue weighted by molar-refractivity contribution is 7.99. The maximum Gasteiger partial charge on any atom is 0.262 e. The number of benzene rings is 3. The summed E-state index contributed by atoms with van der Waals surface area (Å²) >= 11 is 1.17. The van der Waals surface area contributed by atoms with Gasteiger partial charge in [0, 0.05) is 23.4 Å². The van der Waals surface area contributed by atoms with Gasteiger partial charge in [0.2, 0.25) is 5.91 Å². The first-order valence-electron chi connectivity index (χ1n) is 12.3. The first-order chi connectivity index (χ1) is 18.4. The van der Waals surface area contributed by atoms with E-state index in [4.69, 9.17) is 0 Å². The van der Waals surface area contributed by atoms with Crippen LogP contribution in [-0.2, 0) is 11.3 Å². The number of nitrogens with zero attached hydrogens (tertiary/aromatic N) is 2. The molecule has 2 N–H and O–H groups in total. The van der Waals surface area contributed by atoms with Crippen LogP contribution in [0, 0.1) is 0 Å². The average molecular weight is 529 g/mol. The number of carbonyl (C=O) groups is 3. The fourth-order valence-electron chi connectivity index (χ4n) is 3.80. The van der Waals surface area contributed by atoms with Crippen LogP contribution in [0.25, 0.3) is 10.9 Å². The number of anilines is 1. The summed E-state index contributed by atoms with van der Waals surface area (Å²) in [6, 6.07) is 20.9. The molecule has 0 atom stereocenters. The van der Waals surface area contributed by atoms with Crippen LogP contribution in [0.3, 0.4) is 0 Å². The zero-order valence-corrected chi connectivity index (χ0v) is 22.0. The number of hydrogen-bond acceptors (Lipinski definition) is 6. The molecule has 0 fully saturated rings. The third kappa shape index (κ3) is 6.54. The lowest BCUT2D eigenvalue weighted by molar-refractivity contribution is -0.113. The van der Waals surface area contributed by atoms with Gasteiger partial charge in [0.15, 0.2) is 10.9 Å². The summed E-state index contributed by atoms with van der Waals surface area (Å²) in [5.74, 6) is -0.410. The van der Waals surface area contributed by atoms with E-state index >= 15 is 0 Å². The van der Waals surface area contributed by atoms with Gasteiger partial charge in [-0.2, -0.15) is 0 Å². The first-order valence-corrected chi connectivity index (χ1v) is 13.2. The van der Waals surface area contributed by atoms with Crippen molar-refractivity contribution in [3.63, 3.8) is 0 Å². The number of fused-ring (bicyclic) bond motifs is 1. The molecule has 0 radical (unpaired) electrons. The number of thioether (sulfide) groups is 1. The standard InChI is InChI=1S/C29H28N4O4S/c1-3-16-30-27(36)22-10-8-20(9-11-22)17-33-28(37)24-6-4-5-7-25(24)32-29(33)38-18-26(35)31-23-14-12-21(13-15-23)19(2)34/h4-15H,3,16-18H2,1-2H3,(H,30,36)(H,31,35). The number of hydrogen-bond donors (Lipinski definition) is 2. The van der Waals surface area contributed by atoms with Crippen molar-refractivity contribution in [2.75, 3.05) is 17.6 Å². The van der Waals surface area contributed by atoms with Crippen molar-refractivity contribution in [2.24, 2.45) is 0 Å². The van der Waals surface area contributed by atoms with Crippen molar-refractivity contribution in [3.05, 3.63) is 99.8 Å². The van der Waals surface area contributed by atoms with Crippen LogP contribution in [0.1, 0.15) is 46.5 Å². The molecule has 2 amide bonds. The average Bonchev–Trinajstić information content (AvgIpc) is 2.93. The second-order valence-corrected chi connectivity index (χ2v) is 9.67. The first kappa shape index (κ1) is 26.8. The molecule has 0 aliphatic heterocycles. The molecule has 38 heavy (non-hydrogen) atoms. The maximum absolute atomic E-state index is 13.4. The molecule has 4 aromatic rings.